The van der Waals surface area contributed by atoms with Crippen LogP contribution >= 0.6 is 23.2 Å². The van der Waals surface area contributed by atoms with Crippen molar-refractivity contribution in [2.45, 2.75) is 18.9 Å². The van der Waals surface area contributed by atoms with Gasteiger partial charge in [-0.05, 0) is 31.0 Å². The monoisotopic (exact) mass is 329 g/mol. The van der Waals surface area contributed by atoms with Gasteiger partial charge >= 0.3 is 0 Å². The molecule has 2 rings (SSSR count). The van der Waals surface area contributed by atoms with Crippen LogP contribution in [0.1, 0.15) is 12.8 Å². The summed E-state index contributed by atoms with van der Waals surface area (Å²) < 4.78 is 0. The molecule has 1 aliphatic rings. The molecule has 0 radical (unpaired) electrons. The number of carbonyl (C=O) groups excluding carboxylic acids is 1. The van der Waals surface area contributed by atoms with Crippen molar-refractivity contribution in [2.24, 2.45) is 0 Å². The summed E-state index contributed by atoms with van der Waals surface area (Å²) in [5, 5.41) is 4.74. The second kappa shape index (κ2) is 7.34. The number of hydrogen-bond donors (Lipinski definition) is 1. The van der Waals surface area contributed by atoms with Gasteiger partial charge in [0, 0.05) is 49.0 Å². The van der Waals surface area contributed by atoms with E-state index in [4.69, 9.17) is 23.2 Å². The van der Waals surface area contributed by atoms with Crippen LogP contribution in [0.5, 0.6) is 0 Å². The van der Waals surface area contributed by atoms with Gasteiger partial charge in [-0.25, -0.2) is 0 Å². The lowest BCUT2D eigenvalue weighted by Crippen LogP contribution is -2.43. The predicted octanol–water partition coefficient (Wildman–Crippen LogP) is 2.96. The van der Waals surface area contributed by atoms with Crippen LogP contribution in [0.3, 0.4) is 0 Å². The molecule has 0 saturated carbocycles. The second-order valence-corrected chi connectivity index (χ2v) is 6.51. The number of likely N-dealkylation sites (tertiary alicyclic amines) is 1. The van der Waals surface area contributed by atoms with Crippen molar-refractivity contribution in [2.75, 3.05) is 39.0 Å². The molecule has 0 aliphatic carbocycles. The van der Waals surface area contributed by atoms with Gasteiger partial charge in [0.15, 0.2) is 0 Å². The first kappa shape index (κ1) is 16.4. The van der Waals surface area contributed by atoms with Crippen LogP contribution in [0.25, 0.3) is 0 Å². The Balaban J connectivity index is 1.82. The maximum Gasteiger partial charge on any atom is 0.236 e. The van der Waals surface area contributed by atoms with Crippen LogP contribution in [0.2, 0.25) is 10.0 Å². The molecule has 0 unspecified atom stereocenters. The van der Waals surface area contributed by atoms with Gasteiger partial charge in [-0.2, -0.15) is 0 Å². The summed E-state index contributed by atoms with van der Waals surface area (Å²) in [6.45, 7) is 2.35. The van der Waals surface area contributed by atoms with E-state index in [-0.39, 0.29) is 5.91 Å². The summed E-state index contributed by atoms with van der Waals surface area (Å²) in [7, 11) is 3.58. The first-order valence-corrected chi connectivity index (χ1v) is 7.85. The Kier molecular flexibility index (Phi) is 5.73. The molecule has 1 aromatic rings. The van der Waals surface area contributed by atoms with E-state index in [0.29, 0.717) is 22.6 Å². The van der Waals surface area contributed by atoms with Crippen LogP contribution in [0.4, 0.5) is 5.69 Å². The zero-order chi connectivity index (χ0) is 15.4. The van der Waals surface area contributed by atoms with Gasteiger partial charge in [0.2, 0.25) is 5.91 Å². The number of likely N-dealkylation sites (N-methyl/N-ethyl adjacent to an activating group) is 1. The molecule has 1 amide bonds. The van der Waals surface area contributed by atoms with Crippen LogP contribution in [-0.2, 0) is 4.79 Å². The van der Waals surface area contributed by atoms with Crippen molar-refractivity contribution >= 4 is 34.8 Å². The molecule has 1 fully saturated rings. The van der Waals surface area contributed by atoms with Gasteiger partial charge in [0.1, 0.15) is 0 Å². The number of nitrogens with one attached hydrogen (secondary N) is 1. The quantitative estimate of drug-likeness (QED) is 0.922. The molecule has 1 aromatic carbocycles. The minimum absolute atomic E-state index is 0.156. The number of carbonyl (C=O) groups is 1. The van der Waals surface area contributed by atoms with E-state index in [1.54, 1.807) is 25.1 Å². The highest BCUT2D eigenvalue weighted by Gasteiger charge is 2.21. The molecule has 1 saturated heterocycles. The zero-order valence-corrected chi connectivity index (χ0v) is 13.9. The molecule has 6 heteroatoms. The highest BCUT2D eigenvalue weighted by atomic mass is 35.5. The van der Waals surface area contributed by atoms with E-state index >= 15 is 0 Å². The lowest BCUT2D eigenvalue weighted by atomic mass is 10.0. The van der Waals surface area contributed by atoms with Crippen molar-refractivity contribution in [3.8, 4) is 0 Å². The number of nitrogens with zero attached hydrogens (tertiary/aromatic N) is 2. The summed E-state index contributed by atoms with van der Waals surface area (Å²) in [5.74, 6) is 0.156. The fourth-order valence-corrected chi connectivity index (χ4v) is 2.97. The Bertz CT molecular complexity index is 479. The number of halogens is 2. The van der Waals surface area contributed by atoms with Gasteiger partial charge < -0.3 is 10.2 Å². The number of rotatable bonds is 4. The Morgan fingerprint density at radius 2 is 1.81 bits per heavy atom. The average Bonchev–Trinajstić information content (AvgIpc) is 2.39. The van der Waals surface area contributed by atoms with Gasteiger partial charge in [-0.3, -0.25) is 9.69 Å². The molecule has 0 atom stereocenters. The molecule has 0 spiro atoms. The normalized spacial score (nSPS) is 16.8. The summed E-state index contributed by atoms with van der Waals surface area (Å²) in [6, 6.07) is 5.89. The van der Waals surface area contributed by atoms with Gasteiger partial charge in [0.05, 0.1) is 6.54 Å². The van der Waals surface area contributed by atoms with E-state index in [1.807, 2.05) is 12.1 Å². The standard InChI is InChI=1S/C15H21Cl2N3O/c1-19(2)15(21)10-20-5-3-13(4-6-20)18-14-8-11(16)7-12(17)9-14/h7-9,13,18H,3-6,10H2,1-2H3. The Morgan fingerprint density at radius 3 is 2.33 bits per heavy atom. The van der Waals surface area contributed by atoms with Crippen molar-refractivity contribution in [3.63, 3.8) is 0 Å². The maximum absolute atomic E-state index is 11.7. The van der Waals surface area contributed by atoms with Crippen LogP contribution in [0.15, 0.2) is 18.2 Å². The number of benzene rings is 1. The molecule has 1 aliphatic heterocycles. The molecule has 1 heterocycles. The second-order valence-electron chi connectivity index (χ2n) is 5.64. The summed E-state index contributed by atoms with van der Waals surface area (Å²) in [5.41, 5.74) is 0.954. The first-order chi connectivity index (χ1) is 9.94. The van der Waals surface area contributed by atoms with Crippen molar-refractivity contribution in [1.82, 2.24) is 9.80 Å². The lowest BCUT2D eigenvalue weighted by molar-refractivity contribution is -0.130. The van der Waals surface area contributed by atoms with Crippen LogP contribution < -0.4 is 5.32 Å². The molecule has 21 heavy (non-hydrogen) atoms. The minimum atomic E-state index is 0.156. The highest BCUT2D eigenvalue weighted by molar-refractivity contribution is 6.35. The summed E-state index contributed by atoms with van der Waals surface area (Å²) in [6.07, 6.45) is 2.01. The topological polar surface area (TPSA) is 35.6 Å². The van der Waals surface area contributed by atoms with E-state index in [0.717, 1.165) is 31.6 Å². The Labute approximate surface area is 136 Å². The number of anilines is 1. The molecular weight excluding hydrogens is 309 g/mol. The van der Waals surface area contributed by atoms with E-state index in [2.05, 4.69) is 10.2 Å². The maximum atomic E-state index is 11.7. The van der Waals surface area contributed by atoms with E-state index < -0.39 is 0 Å². The zero-order valence-electron chi connectivity index (χ0n) is 12.4. The fraction of sp³-hybridized carbons (Fsp3) is 0.533. The van der Waals surface area contributed by atoms with Gasteiger partial charge in [-0.1, -0.05) is 23.2 Å². The molecule has 116 valence electrons. The van der Waals surface area contributed by atoms with Gasteiger partial charge in [-0.15, -0.1) is 0 Å². The van der Waals surface area contributed by atoms with E-state index in [9.17, 15) is 4.79 Å². The van der Waals surface area contributed by atoms with Gasteiger partial charge in [0.25, 0.3) is 0 Å². The summed E-state index contributed by atoms with van der Waals surface area (Å²) in [4.78, 5) is 15.5. The van der Waals surface area contributed by atoms with Crippen molar-refractivity contribution < 1.29 is 4.79 Å². The molecular formula is C15H21Cl2N3O. The largest absolute Gasteiger partial charge is 0.382 e. The van der Waals surface area contributed by atoms with Crippen molar-refractivity contribution in [1.29, 1.82) is 0 Å². The third kappa shape index (κ3) is 5.06. The fourth-order valence-electron chi connectivity index (χ4n) is 2.44. The smallest absolute Gasteiger partial charge is 0.236 e. The SMILES string of the molecule is CN(C)C(=O)CN1CCC(Nc2cc(Cl)cc(Cl)c2)CC1. The molecule has 0 aromatic heterocycles. The average molecular weight is 330 g/mol. The Hall–Kier alpha value is -0.970. The lowest BCUT2D eigenvalue weighted by Gasteiger charge is -2.33. The van der Waals surface area contributed by atoms with Crippen LogP contribution in [0, 0.1) is 0 Å². The number of piperidine rings is 1. The summed E-state index contributed by atoms with van der Waals surface area (Å²) >= 11 is 12.0. The minimum Gasteiger partial charge on any atom is -0.382 e. The Morgan fingerprint density at radius 1 is 1.24 bits per heavy atom. The third-order valence-electron chi connectivity index (χ3n) is 3.68. The predicted molar refractivity (Wildman–Crippen MR) is 88.2 cm³/mol. The molecule has 4 nitrogen and oxygen atoms in total. The number of amides is 1. The number of hydrogen-bond acceptors (Lipinski definition) is 3. The van der Waals surface area contributed by atoms with E-state index in [1.165, 1.54) is 0 Å². The highest BCUT2D eigenvalue weighted by Crippen LogP contribution is 2.24. The van der Waals surface area contributed by atoms with Crippen LogP contribution in [-0.4, -0.2) is 55.5 Å². The third-order valence-corrected chi connectivity index (χ3v) is 4.12. The molecule has 0 bridgehead atoms. The first-order valence-electron chi connectivity index (χ1n) is 7.09. The molecule has 1 N–H and O–H groups in total. The van der Waals surface area contributed by atoms with Crippen molar-refractivity contribution in [3.05, 3.63) is 28.2 Å².